The zero-order chi connectivity index (χ0) is 21.0. The molecule has 1 heterocycles. The Bertz CT molecular complexity index is 985. The molecule has 2 atom stereocenters. The van der Waals surface area contributed by atoms with Crippen LogP contribution in [0, 0.1) is 6.92 Å². The van der Waals surface area contributed by atoms with Gasteiger partial charge in [0.05, 0.1) is 18.3 Å². The summed E-state index contributed by atoms with van der Waals surface area (Å²) in [6.45, 7) is 5.02. The van der Waals surface area contributed by atoms with Crippen molar-refractivity contribution in [2.75, 3.05) is 6.61 Å². The van der Waals surface area contributed by atoms with Gasteiger partial charge in [-0.25, -0.2) is 4.79 Å². The number of aliphatic hydroxyl groups excluding tert-OH is 2. The normalized spacial score (nSPS) is 13.0. The molecule has 9 nitrogen and oxygen atoms in total. The first-order valence-electron chi connectivity index (χ1n) is 9.15. The lowest BCUT2D eigenvalue weighted by molar-refractivity contribution is 0.184. The number of aromatic nitrogens is 4. The van der Waals surface area contributed by atoms with E-state index in [1.807, 2.05) is 37.3 Å². The number of nitrogens with one attached hydrogen (secondary N) is 1. The van der Waals surface area contributed by atoms with Crippen molar-refractivity contribution in [3.8, 4) is 22.6 Å². The quantitative estimate of drug-likeness (QED) is 0.582. The van der Waals surface area contributed by atoms with Crippen molar-refractivity contribution in [2.45, 2.75) is 32.9 Å². The van der Waals surface area contributed by atoms with E-state index in [1.165, 1.54) is 4.68 Å². The van der Waals surface area contributed by atoms with Crippen molar-refractivity contribution in [2.24, 2.45) is 0 Å². The summed E-state index contributed by atoms with van der Waals surface area (Å²) in [5.41, 5.74) is 3.35. The molecule has 3 aromatic rings. The van der Waals surface area contributed by atoms with Gasteiger partial charge < -0.3 is 20.3 Å². The summed E-state index contributed by atoms with van der Waals surface area (Å²) in [5, 5.41) is 33.0. The molecule has 1 amide bonds. The minimum Gasteiger partial charge on any atom is -0.410 e. The van der Waals surface area contributed by atoms with E-state index >= 15 is 0 Å². The van der Waals surface area contributed by atoms with Crippen molar-refractivity contribution in [1.29, 1.82) is 0 Å². The molecule has 0 aliphatic carbocycles. The van der Waals surface area contributed by atoms with Crippen LogP contribution < -0.4 is 10.1 Å². The Morgan fingerprint density at radius 2 is 1.90 bits per heavy atom. The second-order valence-corrected chi connectivity index (χ2v) is 6.82. The number of carbonyl (C=O) groups is 1. The number of benzene rings is 2. The van der Waals surface area contributed by atoms with E-state index in [0.717, 1.165) is 16.7 Å². The molecule has 0 aliphatic heterocycles. The summed E-state index contributed by atoms with van der Waals surface area (Å²) in [4.78, 5) is 12.1. The Kier molecular flexibility index (Phi) is 6.20. The van der Waals surface area contributed by atoms with Crippen molar-refractivity contribution in [3.63, 3.8) is 0 Å². The molecule has 3 rings (SSSR count). The lowest BCUT2D eigenvalue weighted by atomic mass is 10.0. The van der Waals surface area contributed by atoms with Crippen LogP contribution in [0.25, 0.3) is 16.8 Å². The molecule has 1 unspecified atom stereocenters. The monoisotopic (exact) mass is 397 g/mol. The van der Waals surface area contributed by atoms with Crippen LogP contribution in [0.1, 0.15) is 31.3 Å². The maximum absolute atomic E-state index is 12.1. The number of ether oxygens (including phenoxy) is 1. The second-order valence-electron chi connectivity index (χ2n) is 6.82. The molecule has 1 aromatic heterocycles. The Morgan fingerprint density at radius 1 is 1.17 bits per heavy atom. The highest BCUT2D eigenvalue weighted by atomic mass is 16.6. The summed E-state index contributed by atoms with van der Waals surface area (Å²) in [5.74, 6) is 0.531. The number of rotatable bonds is 6. The first kappa shape index (κ1) is 20.4. The molecule has 0 spiro atoms. The lowest BCUT2D eigenvalue weighted by Gasteiger charge is -2.14. The van der Waals surface area contributed by atoms with Crippen LogP contribution in [-0.4, -0.2) is 49.2 Å². The number of nitrogens with zero attached hydrogens (tertiary/aromatic N) is 4. The van der Waals surface area contributed by atoms with Gasteiger partial charge in [-0.3, -0.25) is 0 Å². The van der Waals surface area contributed by atoms with Crippen LogP contribution in [0.4, 0.5) is 4.79 Å². The zero-order valence-electron chi connectivity index (χ0n) is 16.4. The van der Waals surface area contributed by atoms with Gasteiger partial charge in [-0.2, -0.15) is 4.68 Å². The van der Waals surface area contributed by atoms with Crippen LogP contribution in [0.5, 0.6) is 5.75 Å². The molecule has 0 fully saturated rings. The van der Waals surface area contributed by atoms with Crippen molar-refractivity contribution in [1.82, 2.24) is 25.5 Å². The highest BCUT2D eigenvalue weighted by Gasteiger charge is 2.17. The van der Waals surface area contributed by atoms with Crippen LogP contribution in [0.3, 0.4) is 0 Å². The molecule has 0 bridgehead atoms. The fraction of sp³-hybridized carbons (Fsp3) is 0.300. The lowest BCUT2D eigenvalue weighted by Crippen LogP contribution is -2.37. The predicted octanol–water partition coefficient (Wildman–Crippen LogP) is 2.16. The van der Waals surface area contributed by atoms with Crippen LogP contribution >= 0.6 is 0 Å². The second kappa shape index (κ2) is 8.80. The number of tetrazole rings is 1. The molecule has 3 N–H and O–H groups in total. The first-order chi connectivity index (χ1) is 13.9. The van der Waals surface area contributed by atoms with Crippen molar-refractivity contribution in [3.05, 3.63) is 53.9 Å². The Morgan fingerprint density at radius 3 is 2.55 bits per heavy atom. The topological polar surface area (TPSA) is 122 Å². The Labute approximate surface area is 167 Å². The van der Waals surface area contributed by atoms with Gasteiger partial charge in [0.2, 0.25) is 0 Å². The summed E-state index contributed by atoms with van der Waals surface area (Å²) in [6.07, 6.45) is -1.57. The molecular weight excluding hydrogens is 374 g/mol. The van der Waals surface area contributed by atoms with Crippen molar-refractivity contribution >= 4 is 6.09 Å². The SMILES string of the molecule is Cc1ccc(-c2cc(OC(=O)N[C@@H](C)CO)cc(-n3nnnc3C(C)O)c2)cc1. The van der Waals surface area contributed by atoms with Gasteiger partial charge in [0.25, 0.3) is 0 Å². The Hall–Kier alpha value is -3.30. The molecule has 29 heavy (non-hydrogen) atoms. The number of aryl methyl sites for hydroxylation is 1. The largest absolute Gasteiger partial charge is 0.412 e. The number of carbonyl (C=O) groups excluding carboxylic acids is 1. The molecular formula is C20H23N5O4. The third-order valence-electron chi connectivity index (χ3n) is 4.24. The first-order valence-corrected chi connectivity index (χ1v) is 9.15. The molecule has 0 radical (unpaired) electrons. The third kappa shape index (κ3) is 4.95. The minimum atomic E-state index is -0.883. The van der Waals surface area contributed by atoms with Gasteiger partial charge in [0.1, 0.15) is 11.9 Å². The van der Waals surface area contributed by atoms with Crippen LogP contribution in [0.2, 0.25) is 0 Å². The molecule has 9 heteroatoms. The van der Waals surface area contributed by atoms with Gasteiger partial charge in [0, 0.05) is 6.07 Å². The highest BCUT2D eigenvalue weighted by Crippen LogP contribution is 2.29. The summed E-state index contributed by atoms with van der Waals surface area (Å²) in [7, 11) is 0. The van der Waals surface area contributed by atoms with E-state index in [2.05, 4.69) is 20.8 Å². The zero-order valence-corrected chi connectivity index (χ0v) is 16.4. The average molecular weight is 397 g/mol. The van der Waals surface area contributed by atoms with E-state index in [1.54, 1.807) is 26.0 Å². The molecule has 0 saturated carbocycles. The smallest absolute Gasteiger partial charge is 0.410 e. The number of hydrogen-bond donors (Lipinski definition) is 3. The molecule has 0 saturated heterocycles. The van der Waals surface area contributed by atoms with E-state index in [9.17, 15) is 9.90 Å². The number of hydrogen-bond acceptors (Lipinski definition) is 7. The molecule has 2 aromatic carbocycles. The number of aliphatic hydroxyl groups is 2. The molecule has 0 aliphatic rings. The van der Waals surface area contributed by atoms with E-state index < -0.39 is 18.2 Å². The van der Waals surface area contributed by atoms with E-state index in [0.29, 0.717) is 5.69 Å². The van der Waals surface area contributed by atoms with Crippen LogP contribution in [-0.2, 0) is 0 Å². The summed E-state index contributed by atoms with van der Waals surface area (Å²) >= 11 is 0. The fourth-order valence-corrected chi connectivity index (χ4v) is 2.70. The van der Waals surface area contributed by atoms with Gasteiger partial charge >= 0.3 is 6.09 Å². The highest BCUT2D eigenvalue weighted by molar-refractivity contribution is 5.74. The average Bonchev–Trinajstić information content (AvgIpc) is 3.18. The predicted molar refractivity (Wildman–Crippen MR) is 106 cm³/mol. The van der Waals surface area contributed by atoms with Gasteiger partial charge in [-0.05, 0) is 54.5 Å². The summed E-state index contributed by atoms with van der Waals surface area (Å²) in [6, 6.07) is 12.6. The standard InChI is InChI=1S/C20H23N5O4/c1-12-4-6-15(7-5-12)16-8-17(25-19(14(3)27)22-23-24-25)10-18(9-16)29-20(28)21-13(2)11-26/h4-10,13-14,26-27H,11H2,1-3H3,(H,21,28)/t13-,14?/m0/s1. The third-order valence-corrected chi connectivity index (χ3v) is 4.24. The van der Waals surface area contributed by atoms with Gasteiger partial charge in [-0.1, -0.05) is 29.8 Å². The van der Waals surface area contributed by atoms with E-state index in [4.69, 9.17) is 9.84 Å². The maximum Gasteiger partial charge on any atom is 0.412 e. The number of amides is 1. The Balaban J connectivity index is 2.03. The molecule has 152 valence electrons. The van der Waals surface area contributed by atoms with Crippen LogP contribution in [0.15, 0.2) is 42.5 Å². The minimum absolute atomic E-state index is 0.202. The van der Waals surface area contributed by atoms with Gasteiger partial charge in [0.15, 0.2) is 5.82 Å². The van der Waals surface area contributed by atoms with Gasteiger partial charge in [-0.15, -0.1) is 5.10 Å². The van der Waals surface area contributed by atoms with E-state index in [-0.39, 0.29) is 18.2 Å². The maximum atomic E-state index is 12.1. The summed E-state index contributed by atoms with van der Waals surface area (Å²) < 4.78 is 6.80. The van der Waals surface area contributed by atoms with Crippen molar-refractivity contribution < 1.29 is 19.7 Å². The fourth-order valence-electron chi connectivity index (χ4n) is 2.70.